The van der Waals surface area contributed by atoms with Gasteiger partial charge < -0.3 is 9.63 Å². The fraction of sp³-hybridized carbons (Fsp3) is 0.0625. The van der Waals surface area contributed by atoms with E-state index in [2.05, 4.69) is 5.16 Å². The minimum Gasteiger partial charge on any atom is -0.391 e. The summed E-state index contributed by atoms with van der Waals surface area (Å²) in [6.45, 7) is -0.295. The van der Waals surface area contributed by atoms with E-state index in [1.807, 2.05) is 0 Å². The number of aromatic nitrogens is 1. The van der Waals surface area contributed by atoms with Crippen molar-refractivity contribution in [2.24, 2.45) is 0 Å². The number of non-ortho nitro benzene ring substituents is 1. The summed E-state index contributed by atoms with van der Waals surface area (Å²) in [6.07, 6.45) is 0. The van der Waals surface area contributed by atoms with E-state index in [9.17, 15) is 15.2 Å². The third kappa shape index (κ3) is 2.81. The van der Waals surface area contributed by atoms with E-state index in [0.29, 0.717) is 33.2 Å². The van der Waals surface area contributed by atoms with Gasteiger partial charge in [-0.3, -0.25) is 10.1 Å². The van der Waals surface area contributed by atoms with E-state index in [4.69, 9.17) is 16.1 Å². The number of rotatable bonds is 4. The van der Waals surface area contributed by atoms with Gasteiger partial charge in [-0.1, -0.05) is 28.9 Å². The summed E-state index contributed by atoms with van der Waals surface area (Å²) in [5.41, 5.74) is 2.12. The largest absolute Gasteiger partial charge is 0.391 e. The molecule has 1 aromatic heterocycles. The fourth-order valence-corrected chi connectivity index (χ4v) is 2.50. The van der Waals surface area contributed by atoms with E-state index >= 15 is 0 Å². The zero-order valence-corrected chi connectivity index (χ0v) is 12.5. The molecule has 0 amide bonds. The highest BCUT2D eigenvalue weighted by Crippen LogP contribution is 2.36. The molecule has 116 valence electrons. The molecule has 0 unspecified atom stereocenters. The van der Waals surface area contributed by atoms with Crippen LogP contribution < -0.4 is 0 Å². The molecule has 0 saturated carbocycles. The second kappa shape index (κ2) is 6.20. The van der Waals surface area contributed by atoms with Crippen molar-refractivity contribution in [2.75, 3.05) is 0 Å². The second-order valence-electron chi connectivity index (χ2n) is 4.78. The summed E-state index contributed by atoms with van der Waals surface area (Å²) in [5.74, 6) is 0.381. The molecule has 0 aliphatic heterocycles. The molecule has 0 radical (unpaired) electrons. The summed E-state index contributed by atoms with van der Waals surface area (Å²) in [7, 11) is 0. The SMILES string of the molecule is O=[N+]([O-])c1ccc(-c2noc(-c3ccccc3Cl)c2CO)cc1. The number of aliphatic hydroxyl groups excluding tert-OH is 1. The average Bonchev–Trinajstić information content (AvgIpc) is 2.99. The molecule has 6 nitrogen and oxygen atoms in total. The Balaban J connectivity index is 2.08. The van der Waals surface area contributed by atoms with Gasteiger partial charge in [-0.15, -0.1) is 0 Å². The Kier molecular flexibility index (Phi) is 4.10. The van der Waals surface area contributed by atoms with E-state index in [1.54, 1.807) is 36.4 Å². The van der Waals surface area contributed by atoms with Gasteiger partial charge in [0.2, 0.25) is 0 Å². The van der Waals surface area contributed by atoms with Crippen LogP contribution in [0.5, 0.6) is 0 Å². The number of nitrogens with zero attached hydrogens (tertiary/aromatic N) is 2. The summed E-state index contributed by atoms with van der Waals surface area (Å²) < 4.78 is 5.36. The molecular weight excluding hydrogens is 320 g/mol. The van der Waals surface area contributed by atoms with E-state index < -0.39 is 4.92 Å². The number of nitro groups is 1. The smallest absolute Gasteiger partial charge is 0.269 e. The maximum absolute atomic E-state index is 10.7. The number of hydrogen-bond acceptors (Lipinski definition) is 5. The van der Waals surface area contributed by atoms with Gasteiger partial charge in [-0.05, 0) is 24.3 Å². The molecule has 0 spiro atoms. The first-order valence-corrected chi connectivity index (χ1v) is 7.08. The van der Waals surface area contributed by atoms with Crippen LogP contribution in [0.1, 0.15) is 5.56 Å². The van der Waals surface area contributed by atoms with Crippen LogP contribution in [-0.2, 0) is 6.61 Å². The van der Waals surface area contributed by atoms with Crippen LogP contribution in [0.4, 0.5) is 5.69 Å². The molecule has 1 heterocycles. The lowest BCUT2D eigenvalue weighted by Crippen LogP contribution is -1.91. The van der Waals surface area contributed by atoms with Gasteiger partial charge in [0.1, 0.15) is 5.69 Å². The Hall–Kier alpha value is -2.70. The molecule has 23 heavy (non-hydrogen) atoms. The highest BCUT2D eigenvalue weighted by Gasteiger charge is 2.20. The van der Waals surface area contributed by atoms with Gasteiger partial charge in [0, 0.05) is 23.3 Å². The molecule has 3 rings (SSSR count). The van der Waals surface area contributed by atoms with Crippen molar-refractivity contribution < 1.29 is 14.6 Å². The average molecular weight is 331 g/mol. The number of aliphatic hydroxyl groups is 1. The summed E-state index contributed by atoms with van der Waals surface area (Å²) in [4.78, 5) is 10.2. The van der Waals surface area contributed by atoms with E-state index in [-0.39, 0.29) is 12.3 Å². The number of halogens is 1. The first kappa shape index (κ1) is 15.2. The lowest BCUT2D eigenvalue weighted by Gasteiger charge is -2.03. The van der Waals surface area contributed by atoms with Crippen LogP contribution in [0.3, 0.4) is 0 Å². The highest BCUT2D eigenvalue weighted by atomic mass is 35.5. The first-order chi connectivity index (χ1) is 11.1. The molecule has 0 atom stereocenters. The quantitative estimate of drug-likeness (QED) is 0.575. The Labute approximate surface area is 136 Å². The number of hydrogen-bond donors (Lipinski definition) is 1. The standard InChI is InChI=1S/C16H11ClN2O4/c17-14-4-2-1-3-12(14)16-13(9-20)15(18-23-16)10-5-7-11(8-6-10)19(21)22/h1-8,20H,9H2. The lowest BCUT2D eigenvalue weighted by molar-refractivity contribution is -0.384. The fourth-order valence-electron chi connectivity index (χ4n) is 2.28. The maximum atomic E-state index is 10.7. The van der Waals surface area contributed by atoms with Crippen LogP contribution in [0.25, 0.3) is 22.6 Å². The van der Waals surface area contributed by atoms with E-state index in [1.165, 1.54) is 12.1 Å². The molecule has 2 aromatic carbocycles. The molecule has 0 aliphatic carbocycles. The maximum Gasteiger partial charge on any atom is 0.269 e. The zero-order chi connectivity index (χ0) is 16.4. The molecule has 1 N–H and O–H groups in total. The van der Waals surface area contributed by atoms with Crippen LogP contribution in [0, 0.1) is 10.1 Å². The molecule has 0 bridgehead atoms. The second-order valence-corrected chi connectivity index (χ2v) is 5.19. The lowest BCUT2D eigenvalue weighted by atomic mass is 10.0. The van der Waals surface area contributed by atoms with Crippen molar-refractivity contribution in [1.29, 1.82) is 0 Å². The summed E-state index contributed by atoms with van der Waals surface area (Å²) in [6, 6.07) is 12.9. The molecule has 0 saturated heterocycles. The monoisotopic (exact) mass is 330 g/mol. The summed E-state index contributed by atoms with van der Waals surface area (Å²) in [5, 5.41) is 24.9. The van der Waals surface area contributed by atoms with Crippen molar-refractivity contribution in [1.82, 2.24) is 5.16 Å². The highest BCUT2D eigenvalue weighted by molar-refractivity contribution is 6.33. The van der Waals surface area contributed by atoms with Gasteiger partial charge in [0.15, 0.2) is 5.76 Å². The van der Waals surface area contributed by atoms with Crippen molar-refractivity contribution in [3.63, 3.8) is 0 Å². The molecule has 7 heteroatoms. The van der Waals surface area contributed by atoms with Gasteiger partial charge in [0.05, 0.1) is 22.1 Å². The Bertz CT molecular complexity index is 859. The van der Waals surface area contributed by atoms with Crippen molar-refractivity contribution >= 4 is 17.3 Å². The Morgan fingerprint density at radius 1 is 1.17 bits per heavy atom. The summed E-state index contributed by atoms with van der Waals surface area (Å²) >= 11 is 6.15. The third-order valence-corrected chi connectivity index (χ3v) is 3.75. The topological polar surface area (TPSA) is 89.4 Å². The molecule has 0 fully saturated rings. The van der Waals surface area contributed by atoms with Gasteiger partial charge in [-0.25, -0.2) is 0 Å². The minimum absolute atomic E-state index is 0.0193. The Morgan fingerprint density at radius 2 is 1.87 bits per heavy atom. The normalized spacial score (nSPS) is 10.7. The van der Waals surface area contributed by atoms with Gasteiger partial charge in [0.25, 0.3) is 5.69 Å². The van der Waals surface area contributed by atoms with Crippen LogP contribution >= 0.6 is 11.6 Å². The van der Waals surface area contributed by atoms with Crippen molar-refractivity contribution in [2.45, 2.75) is 6.61 Å². The van der Waals surface area contributed by atoms with Crippen molar-refractivity contribution in [3.8, 4) is 22.6 Å². The number of nitro benzene ring substituents is 1. The minimum atomic E-state index is -0.477. The molecular formula is C16H11ClN2O4. The molecule has 3 aromatic rings. The predicted molar refractivity (Wildman–Crippen MR) is 85.0 cm³/mol. The Morgan fingerprint density at radius 3 is 2.48 bits per heavy atom. The van der Waals surface area contributed by atoms with Crippen molar-refractivity contribution in [3.05, 3.63) is 69.2 Å². The van der Waals surface area contributed by atoms with E-state index in [0.717, 1.165) is 0 Å². The third-order valence-electron chi connectivity index (χ3n) is 3.42. The van der Waals surface area contributed by atoms with Crippen LogP contribution in [0.15, 0.2) is 53.1 Å². The zero-order valence-electron chi connectivity index (χ0n) is 11.8. The predicted octanol–water partition coefficient (Wildman–Crippen LogP) is 4.06. The van der Waals surface area contributed by atoms with Crippen LogP contribution in [0.2, 0.25) is 5.02 Å². The van der Waals surface area contributed by atoms with Gasteiger partial charge >= 0.3 is 0 Å². The van der Waals surface area contributed by atoms with Gasteiger partial charge in [-0.2, -0.15) is 0 Å². The number of benzene rings is 2. The first-order valence-electron chi connectivity index (χ1n) is 6.71. The molecule has 0 aliphatic rings. The van der Waals surface area contributed by atoms with Crippen LogP contribution in [-0.4, -0.2) is 15.2 Å².